The van der Waals surface area contributed by atoms with Crippen molar-refractivity contribution in [3.63, 3.8) is 0 Å². The maximum absolute atomic E-state index is 12.9. The number of carbonyl (C=O) groups excluding carboxylic acids is 1. The third-order valence-corrected chi connectivity index (χ3v) is 4.62. The number of carbonyl (C=O) groups is 1. The van der Waals surface area contributed by atoms with Gasteiger partial charge in [-0.15, -0.1) is 0 Å². The molecule has 2 aromatic rings. The summed E-state index contributed by atoms with van der Waals surface area (Å²) in [7, 11) is 1.82. The lowest BCUT2D eigenvalue weighted by atomic mass is 10.1. The fraction of sp³-hybridized carbons (Fsp3) is 0.533. The predicted molar refractivity (Wildman–Crippen MR) is 86.1 cm³/mol. The number of amides is 1. The van der Waals surface area contributed by atoms with Crippen molar-refractivity contribution in [1.29, 1.82) is 0 Å². The number of alkyl halides is 2. The van der Waals surface area contributed by atoms with Crippen LogP contribution in [-0.4, -0.2) is 25.5 Å². The Hall–Kier alpha value is -1.96. The molecule has 0 fully saturated rings. The van der Waals surface area contributed by atoms with Crippen molar-refractivity contribution in [3.8, 4) is 0 Å². The Balaban J connectivity index is 2.18. The normalized spacial score (nSPS) is 14.0. The molecule has 0 spiro atoms. The van der Waals surface area contributed by atoms with Crippen molar-refractivity contribution in [2.45, 2.75) is 46.2 Å². The largest absolute Gasteiger partial charge is 0.348 e. The molecule has 0 saturated carbocycles. The minimum Gasteiger partial charge on any atom is -0.348 e. The van der Waals surface area contributed by atoms with Crippen LogP contribution in [0.25, 0.3) is 0 Å². The molecular formula is C15H20ClF2N5O. The monoisotopic (exact) mass is 359 g/mol. The molecule has 0 aromatic carbocycles. The van der Waals surface area contributed by atoms with Crippen LogP contribution in [-0.2, 0) is 11.8 Å². The van der Waals surface area contributed by atoms with Gasteiger partial charge in [-0.05, 0) is 27.7 Å². The van der Waals surface area contributed by atoms with E-state index in [-0.39, 0.29) is 17.0 Å². The number of aryl methyl sites for hydroxylation is 1. The van der Waals surface area contributed by atoms with Gasteiger partial charge in [-0.25, -0.2) is 8.78 Å². The highest BCUT2D eigenvalue weighted by molar-refractivity contribution is 6.31. The minimum absolute atomic E-state index is 0.110. The summed E-state index contributed by atoms with van der Waals surface area (Å²) < 4.78 is 28.7. The fourth-order valence-corrected chi connectivity index (χ4v) is 2.71. The zero-order chi connectivity index (χ0) is 18.2. The van der Waals surface area contributed by atoms with Gasteiger partial charge in [0.1, 0.15) is 11.7 Å². The van der Waals surface area contributed by atoms with Crippen LogP contribution in [0.3, 0.4) is 0 Å². The molecule has 24 heavy (non-hydrogen) atoms. The molecule has 0 aliphatic heterocycles. The quantitative estimate of drug-likeness (QED) is 0.891. The van der Waals surface area contributed by atoms with E-state index < -0.39 is 18.2 Å². The fourth-order valence-electron chi connectivity index (χ4n) is 2.50. The maximum Gasteiger partial charge on any atom is 0.283 e. The lowest BCUT2D eigenvalue weighted by Crippen LogP contribution is -2.34. The highest BCUT2D eigenvalue weighted by Gasteiger charge is 2.26. The molecule has 2 atom stereocenters. The van der Waals surface area contributed by atoms with Crippen LogP contribution in [0.4, 0.5) is 8.78 Å². The Morgan fingerprint density at radius 3 is 2.38 bits per heavy atom. The smallest absolute Gasteiger partial charge is 0.283 e. The average molecular weight is 360 g/mol. The Bertz CT molecular complexity index is 755. The summed E-state index contributed by atoms with van der Waals surface area (Å²) in [5.74, 6) is -0.339. The van der Waals surface area contributed by atoms with Crippen LogP contribution in [0.5, 0.6) is 0 Å². The molecule has 1 amide bonds. The molecule has 0 radical (unpaired) electrons. The summed E-state index contributed by atoms with van der Waals surface area (Å²) in [6.45, 7) is 6.88. The summed E-state index contributed by atoms with van der Waals surface area (Å²) in [6, 6.07) is -1.04. The second-order valence-corrected chi connectivity index (χ2v) is 6.12. The van der Waals surface area contributed by atoms with E-state index in [4.69, 9.17) is 11.6 Å². The molecule has 6 nitrogen and oxygen atoms in total. The highest BCUT2D eigenvalue weighted by atomic mass is 35.5. The van der Waals surface area contributed by atoms with Crippen LogP contribution in [0.2, 0.25) is 5.02 Å². The molecule has 0 unspecified atom stereocenters. The van der Waals surface area contributed by atoms with E-state index in [1.807, 2.05) is 20.9 Å². The Kier molecular flexibility index (Phi) is 5.27. The van der Waals surface area contributed by atoms with Gasteiger partial charge in [0, 0.05) is 18.3 Å². The van der Waals surface area contributed by atoms with Gasteiger partial charge in [0.2, 0.25) is 5.91 Å². The first-order valence-corrected chi connectivity index (χ1v) is 7.84. The topological polar surface area (TPSA) is 64.7 Å². The van der Waals surface area contributed by atoms with Crippen LogP contribution in [0, 0.1) is 13.8 Å². The second-order valence-electron chi connectivity index (χ2n) is 5.75. The second kappa shape index (κ2) is 6.88. The first-order valence-electron chi connectivity index (χ1n) is 7.46. The van der Waals surface area contributed by atoms with Gasteiger partial charge in [0.05, 0.1) is 23.0 Å². The van der Waals surface area contributed by atoms with E-state index in [0.29, 0.717) is 5.69 Å². The van der Waals surface area contributed by atoms with Gasteiger partial charge < -0.3 is 5.32 Å². The van der Waals surface area contributed by atoms with E-state index in [9.17, 15) is 13.6 Å². The van der Waals surface area contributed by atoms with Gasteiger partial charge in [0.25, 0.3) is 6.43 Å². The highest BCUT2D eigenvalue weighted by Crippen LogP contribution is 2.30. The van der Waals surface area contributed by atoms with Gasteiger partial charge >= 0.3 is 0 Å². The molecule has 9 heteroatoms. The van der Waals surface area contributed by atoms with E-state index in [1.165, 1.54) is 4.68 Å². The number of halogens is 3. The van der Waals surface area contributed by atoms with Crippen molar-refractivity contribution in [2.75, 3.05) is 0 Å². The molecule has 1 N–H and O–H groups in total. The Morgan fingerprint density at radius 2 is 1.92 bits per heavy atom. The number of nitrogens with zero attached hydrogens (tertiary/aromatic N) is 4. The SMILES string of the molecule is Cc1c([C@@H](C)NC(=O)[C@H](C)n2nc(C(F)F)c(Cl)c2C)cnn1C. The molecule has 0 saturated heterocycles. The average Bonchev–Trinajstić information content (AvgIpc) is 3.00. The van der Waals surface area contributed by atoms with Gasteiger partial charge in [0.15, 0.2) is 0 Å². The number of aromatic nitrogens is 4. The zero-order valence-corrected chi connectivity index (χ0v) is 14.9. The summed E-state index contributed by atoms with van der Waals surface area (Å²) in [6.07, 6.45) is -1.10. The third kappa shape index (κ3) is 3.28. The summed E-state index contributed by atoms with van der Waals surface area (Å²) in [4.78, 5) is 12.5. The molecule has 0 bridgehead atoms. The molecule has 2 aromatic heterocycles. The van der Waals surface area contributed by atoms with Crippen LogP contribution >= 0.6 is 11.6 Å². The number of hydrogen-bond donors (Lipinski definition) is 1. The Labute approximate surface area is 143 Å². The molecule has 2 rings (SSSR count). The zero-order valence-electron chi connectivity index (χ0n) is 14.1. The molecule has 2 heterocycles. The Morgan fingerprint density at radius 1 is 1.29 bits per heavy atom. The molecule has 132 valence electrons. The molecular weight excluding hydrogens is 340 g/mol. The third-order valence-electron chi connectivity index (χ3n) is 4.15. The van der Waals surface area contributed by atoms with Gasteiger partial charge in [-0.2, -0.15) is 10.2 Å². The lowest BCUT2D eigenvalue weighted by Gasteiger charge is -2.19. The van der Waals surface area contributed by atoms with Crippen molar-refractivity contribution in [1.82, 2.24) is 24.9 Å². The van der Waals surface area contributed by atoms with E-state index in [2.05, 4.69) is 15.5 Å². The van der Waals surface area contributed by atoms with Gasteiger partial charge in [-0.3, -0.25) is 14.2 Å². The first-order chi connectivity index (χ1) is 11.1. The lowest BCUT2D eigenvalue weighted by molar-refractivity contribution is -0.124. The summed E-state index contributed by atoms with van der Waals surface area (Å²) >= 11 is 5.88. The van der Waals surface area contributed by atoms with E-state index in [0.717, 1.165) is 11.3 Å². The molecule has 0 aliphatic carbocycles. The standard InChI is InChI=1S/C15H20ClF2N5O/c1-7(11-6-19-22(5)8(11)2)20-15(24)10(4)23-9(3)12(16)13(21-23)14(17)18/h6-7,10,14H,1-5H3,(H,20,24)/t7-,10+/m1/s1. The van der Waals surface area contributed by atoms with Crippen molar-refractivity contribution in [2.24, 2.45) is 7.05 Å². The number of nitrogens with one attached hydrogen (secondary N) is 1. The van der Waals surface area contributed by atoms with Gasteiger partial charge in [-0.1, -0.05) is 11.6 Å². The first kappa shape index (κ1) is 18.4. The molecule has 0 aliphatic rings. The number of hydrogen-bond acceptors (Lipinski definition) is 3. The van der Waals surface area contributed by atoms with Crippen LogP contribution < -0.4 is 5.32 Å². The minimum atomic E-state index is -2.79. The van der Waals surface area contributed by atoms with E-state index >= 15 is 0 Å². The summed E-state index contributed by atoms with van der Waals surface area (Å²) in [5.41, 5.74) is 1.65. The van der Waals surface area contributed by atoms with E-state index in [1.54, 1.807) is 24.7 Å². The van der Waals surface area contributed by atoms with Crippen LogP contribution in [0.15, 0.2) is 6.20 Å². The number of rotatable bonds is 5. The van der Waals surface area contributed by atoms with Crippen molar-refractivity contribution >= 4 is 17.5 Å². The van der Waals surface area contributed by atoms with Crippen molar-refractivity contribution < 1.29 is 13.6 Å². The van der Waals surface area contributed by atoms with Crippen LogP contribution in [0.1, 0.15) is 55.0 Å². The van der Waals surface area contributed by atoms with Crippen molar-refractivity contribution in [3.05, 3.63) is 33.9 Å². The summed E-state index contributed by atoms with van der Waals surface area (Å²) in [5, 5.41) is 10.7. The maximum atomic E-state index is 12.9. The predicted octanol–water partition coefficient (Wildman–Crippen LogP) is 3.26.